The summed E-state index contributed by atoms with van der Waals surface area (Å²) in [5, 5.41) is 3.29. The van der Waals surface area contributed by atoms with Crippen LogP contribution in [0.3, 0.4) is 0 Å². The van der Waals surface area contributed by atoms with E-state index >= 15 is 0 Å². The van der Waals surface area contributed by atoms with Crippen LogP contribution < -0.4 is 10.2 Å². The van der Waals surface area contributed by atoms with Gasteiger partial charge in [-0.2, -0.15) is 0 Å². The SMILES string of the molecule is CC(NCc1ccc2c(c1)CCCN2C)C(=O)N(C)C. The zero-order chi connectivity index (χ0) is 14.7. The molecule has 0 saturated heterocycles. The molecule has 0 aliphatic carbocycles. The lowest BCUT2D eigenvalue weighted by molar-refractivity contribution is -0.130. The normalized spacial score (nSPS) is 15.7. The standard InChI is InChI=1S/C16H25N3O/c1-12(16(20)18(2)3)17-11-13-7-8-15-14(10-13)6-5-9-19(15)4/h7-8,10,12,17H,5-6,9,11H2,1-4H3. The Morgan fingerprint density at radius 1 is 1.45 bits per heavy atom. The van der Waals surface area contributed by atoms with Crippen molar-refractivity contribution in [1.82, 2.24) is 10.2 Å². The molecule has 20 heavy (non-hydrogen) atoms. The molecule has 1 aromatic carbocycles. The van der Waals surface area contributed by atoms with Gasteiger partial charge in [-0.3, -0.25) is 4.79 Å². The van der Waals surface area contributed by atoms with E-state index in [9.17, 15) is 4.79 Å². The van der Waals surface area contributed by atoms with E-state index in [1.807, 2.05) is 6.92 Å². The van der Waals surface area contributed by atoms with Gasteiger partial charge in [-0.1, -0.05) is 12.1 Å². The van der Waals surface area contributed by atoms with E-state index in [0.29, 0.717) is 0 Å². The van der Waals surface area contributed by atoms with E-state index in [2.05, 4.69) is 35.5 Å². The predicted molar refractivity (Wildman–Crippen MR) is 83.0 cm³/mol. The van der Waals surface area contributed by atoms with Gasteiger partial charge in [-0.05, 0) is 37.0 Å². The highest BCUT2D eigenvalue weighted by atomic mass is 16.2. The largest absolute Gasteiger partial charge is 0.374 e. The first kappa shape index (κ1) is 14.9. The Balaban J connectivity index is 1.99. The fraction of sp³-hybridized carbons (Fsp3) is 0.562. The summed E-state index contributed by atoms with van der Waals surface area (Å²) in [6.45, 7) is 3.78. The topological polar surface area (TPSA) is 35.6 Å². The zero-order valence-electron chi connectivity index (χ0n) is 12.9. The number of anilines is 1. The molecule has 4 nitrogen and oxygen atoms in total. The maximum atomic E-state index is 11.8. The molecule has 1 aromatic rings. The molecule has 1 unspecified atom stereocenters. The summed E-state index contributed by atoms with van der Waals surface area (Å²) in [5.74, 6) is 0.114. The first-order valence-electron chi connectivity index (χ1n) is 7.26. The summed E-state index contributed by atoms with van der Waals surface area (Å²) in [7, 11) is 5.72. The average Bonchev–Trinajstić information content (AvgIpc) is 2.44. The summed E-state index contributed by atoms with van der Waals surface area (Å²) >= 11 is 0. The van der Waals surface area contributed by atoms with Crippen LogP contribution in [0.25, 0.3) is 0 Å². The second kappa shape index (κ2) is 6.27. The first-order valence-corrected chi connectivity index (χ1v) is 7.26. The number of aryl methyl sites for hydroxylation is 1. The van der Waals surface area contributed by atoms with Crippen LogP contribution in [0, 0.1) is 0 Å². The van der Waals surface area contributed by atoms with Crippen molar-refractivity contribution in [1.29, 1.82) is 0 Å². The fourth-order valence-corrected chi connectivity index (χ4v) is 2.69. The van der Waals surface area contributed by atoms with Crippen molar-refractivity contribution in [2.45, 2.75) is 32.4 Å². The smallest absolute Gasteiger partial charge is 0.238 e. The monoisotopic (exact) mass is 275 g/mol. The molecule has 1 atom stereocenters. The zero-order valence-corrected chi connectivity index (χ0v) is 12.9. The Labute approximate surface area is 121 Å². The van der Waals surface area contributed by atoms with E-state index in [-0.39, 0.29) is 11.9 Å². The molecule has 0 bridgehead atoms. The summed E-state index contributed by atoms with van der Waals surface area (Å²) in [6, 6.07) is 6.47. The summed E-state index contributed by atoms with van der Waals surface area (Å²) in [5.41, 5.74) is 4.01. The second-order valence-electron chi connectivity index (χ2n) is 5.82. The van der Waals surface area contributed by atoms with Crippen molar-refractivity contribution < 1.29 is 4.79 Å². The Hall–Kier alpha value is -1.55. The number of amides is 1. The minimum atomic E-state index is -0.149. The lowest BCUT2D eigenvalue weighted by atomic mass is 9.99. The highest BCUT2D eigenvalue weighted by molar-refractivity contribution is 5.80. The second-order valence-corrected chi connectivity index (χ2v) is 5.82. The highest BCUT2D eigenvalue weighted by Gasteiger charge is 2.16. The van der Waals surface area contributed by atoms with Crippen molar-refractivity contribution in [3.8, 4) is 0 Å². The van der Waals surface area contributed by atoms with Crippen LogP contribution in [0.4, 0.5) is 5.69 Å². The molecule has 4 heteroatoms. The number of hydrogen-bond acceptors (Lipinski definition) is 3. The molecule has 1 heterocycles. The van der Waals surface area contributed by atoms with Crippen LogP contribution >= 0.6 is 0 Å². The van der Waals surface area contributed by atoms with Crippen molar-refractivity contribution in [3.05, 3.63) is 29.3 Å². The van der Waals surface area contributed by atoms with Gasteiger partial charge in [0.05, 0.1) is 6.04 Å². The molecular formula is C16H25N3O. The Bertz CT molecular complexity index is 485. The van der Waals surface area contributed by atoms with E-state index in [1.54, 1.807) is 19.0 Å². The number of benzene rings is 1. The molecule has 0 saturated carbocycles. The molecule has 0 fully saturated rings. The van der Waals surface area contributed by atoms with Gasteiger partial charge in [0.2, 0.25) is 5.91 Å². The average molecular weight is 275 g/mol. The maximum Gasteiger partial charge on any atom is 0.238 e. The summed E-state index contributed by atoms with van der Waals surface area (Å²) in [6.07, 6.45) is 2.37. The van der Waals surface area contributed by atoms with Gasteiger partial charge in [0.1, 0.15) is 0 Å². The van der Waals surface area contributed by atoms with Gasteiger partial charge in [0.25, 0.3) is 0 Å². The van der Waals surface area contributed by atoms with Gasteiger partial charge in [-0.15, -0.1) is 0 Å². The Kier molecular flexibility index (Phi) is 4.65. The van der Waals surface area contributed by atoms with Gasteiger partial charge < -0.3 is 15.1 Å². The molecule has 110 valence electrons. The molecule has 1 amide bonds. The molecular weight excluding hydrogens is 250 g/mol. The van der Waals surface area contributed by atoms with E-state index in [1.165, 1.54) is 23.2 Å². The minimum Gasteiger partial charge on any atom is -0.374 e. The maximum absolute atomic E-state index is 11.8. The van der Waals surface area contributed by atoms with Crippen LogP contribution in [0.15, 0.2) is 18.2 Å². The molecule has 1 aliphatic rings. The van der Waals surface area contributed by atoms with Gasteiger partial charge in [0.15, 0.2) is 0 Å². The molecule has 0 aromatic heterocycles. The van der Waals surface area contributed by atoms with E-state index in [4.69, 9.17) is 0 Å². The number of carbonyl (C=O) groups excluding carboxylic acids is 1. The van der Waals surface area contributed by atoms with Crippen LogP contribution in [0.1, 0.15) is 24.5 Å². The van der Waals surface area contributed by atoms with Crippen molar-refractivity contribution in [2.24, 2.45) is 0 Å². The van der Waals surface area contributed by atoms with Crippen LogP contribution in [-0.2, 0) is 17.8 Å². The molecule has 1 aliphatic heterocycles. The molecule has 0 radical (unpaired) electrons. The number of likely N-dealkylation sites (N-methyl/N-ethyl adjacent to an activating group) is 1. The third-order valence-electron chi connectivity index (χ3n) is 3.92. The van der Waals surface area contributed by atoms with Crippen molar-refractivity contribution in [3.63, 3.8) is 0 Å². The third kappa shape index (κ3) is 3.31. The number of nitrogens with zero attached hydrogens (tertiary/aromatic N) is 2. The van der Waals surface area contributed by atoms with Gasteiger partial charge in [0, 0.05) is 39.9 Å². The number of fused-ring (bicyclic) bond motifs is 1. The van der Waals surface area contributed by atoms with Crippen LogP contribution in [0.2, 0.25) is 0 Å². The summed E-state index contributed by atoms with van der Waals surface area (Å²) in [4.78, 5) is 15.7. The number of nitrogens with one attached hydrogen (secondary N) is 1. The summed E-state index contributed by atoms with van der Waals surface area (Å²) < 4.78 is 0. The third-order valence-corrected chi connectivity index (χ3v) is 3.92. The van der Waals surface area contributed by atoms with Crippen molar-refractivity contribution in [2.75, 3.05) is 32.6 Å². The lowest BCUT2D eigenvalue weighted by Crippen LogP contribution is -2.41. The van der Waals surface area contributed by atoms with E-state index < -0.39 is 0 Å². The Morgan fingerprint density at radius 2 is 2.20 bits per heavy atom. The van der Waals surface area contributed by atoms with Gasteiger partial charge >= 0.3 is 0 Å². The van der Waals surface area contributed by atoms with Crippen molar-refractivity contribution >= 4 is 11.6 Å². The molecule has 2 rings (SSSR count). The fourth-order valence-electron chi connectivity index (χ4n) is 2.69. The lowest BCUT2D eigenvalue weighted by Gasteiger charge is -2.28. The van der Waals surface area contributed by atoms with Crippen LogP contribution in [-0.4, -0.2) is 44.5 Å². The van der Waals surface area contributed by atoms with E-state index in [0.717, 1.165) is 19.5 Å². The Morgan fingerprint density at radius 3 is 2.90 bits per heavy atom. The number of hydrogen-bond donors (Lipinski definition) is 1. The molecule has 1 N–H and O–H groups in total. The van der Waals surface area contributed by atoms with Crippen LogP contribution in [0.5, 0.6) is 0 Å². The quantitative estimate of drug-likeness (QED) is 0.907. The highest BCUT2D eigenvalue weighted by Crippen LogP contribution is 2.26. The minimum absolute atomic E-state index is 0.114. The first-order chi connectivity index (χ1) is 9.49. The number of carbonyl (C=O) groups is 1. The number of rotatable bonds is 4. The van der Waals surface area contributed by atoms with Gasteiger partial charge in [-0.25, -0.2) is 0 Å². The predicted octanol–water partition coefficient (Wildman–Crippen LogP) is 1.64. The molecule has 0 spiro atoms.